The smallest absolute Gasteiger partial charge is 0.291 e. The molecule has 4 amide bonds. The minimum absolute atomic E-state index is 0.0360. The van der Waals surface area contributed by atoms with Gasteiger partial charge in [0.2, 0.25) is 23.3 Å². The van der Waals surface area contributed by atoms with Gasteiger partial charge in [-0.2, -0.15) is 0 Å². The van der Waals surface area contributed by atoms with Crippen LogP contribution in [0.25, 0.3) is 0 Å². The van der Waals surface area contributed by atoms with Gasteiger partial charge in [-0.1, -0.05) is 18.2 Å². The molecule has 5 rings (SSSR count). The monoisotopic (exact) mass is 451 g/mol. The summed E-state index contributed by atoms with van der Waals surface area (Å²) in [5.41, 5.74) is 7.86. The van der Waals surface area contributed by atoms with Crippen molar-refractivity contribution in [3.05, 3.63) is 64.5 Å². The summed E-state index contributed by atoms with van der Waals surface area (Å²) in [5.74, 6) is -4.17. The Morgan fingerprint density at radius 3 is 2.48 bits per heavy atom. The van der Waals surface area contributed by atoms with Crippen molar-refractivity contribution < 1.29 is 28.9 Å². The van der Waals surface area contributed by atoms with Gasteiger partial charge in [0.1, 0.15) is 23.7 Å². The number of rotatable bonds is 4. The Hall–Kier alpha value is -3.59. The first-order valence-electron chi connectivity index (χ1n) is 10.8. The molecule has 3 heterocycles. The van der Waals surface area contributed by atoms with E-state index < -0.39 is 47.0 Å². The molecule has 0 bridgehead atoms. The summed E-state index contributed by atoms with van der Waals surface area (Å²) in [6.45, 7) is 3.79. The van der Waals surface area contributed by atoms with Crippen molar-refractivity contribution in [2.45, 2.75) is 38.4 Å². The van der Waals surface area contributed by atoms with Crippen LogP contribution in [0, 0.1) is 31.5 Å². The highest BCUT2D eigenvalue weighted by atomic mass is 19.1. The van der Waals surface area contributed by atoms with Crippen LogP contribution in [-0.4, -0.2) is 34.6 Å². The van der Waals surface area contributed by atoms with Crippen LogP contribution in [-0.2, 0) is 31.3 Å². The average molecular weight is 451 g/mol. The minimum atomic E-state index is -1.36. The summed E-state index contributed by atoms with van der Waals surface area (Å²) in [7, 11) is 0. The number of fused-ring (bicyclic) bond motifs is 4. The molecule has 0 aliphatic carbocycles. The maximum absolute atomic E-state index is 13.7. The second-order valence-corrected chi connectivity index (χ2v) is 9.15. The number of carbonyl (C=O) groups is 4. The number of nitrogens with one attached hydrogen (secondary N) is 1. The predicted molar refractivity (Wildman–Crippen MR) is 115 cm³/mol. The zero-order valence-corrected chi connectivity index (χ0v) is 18.2. The Morgan fingerprint density at radius 1 is 1.12 bits per heavy atom. The summed E-state index contributed by atoms with van der Waals surface area (Å²) in [5, 5.41) is 4.61. The lowest BCUT2D eigenvalue weighted by molar-refractivity contribution is -0.732. The average Bonchev–Trinajstić information content (AvgIpc) is 3.33. The van der Waals surface area contributed by atoms with Crippen molar-refractivity contribution in [2.24, 2.45) is 17.6 Å². The summed E-state index contributed by atoms with van der Waals surface area (Å²) >= 11 is 0. The fourth-order valence-electron chi connectivity index (χ4n) is 5.69. The number of hydrogen-bond acceptors (Lipinski definition) is 4. The van der Waals surface area contributed by atoms with Gasteiger partial charge in [-0.3, -0.25) is 24.1 Å². The van der Waals surface area contributed by atoms with E-state index in [1.807, 2.05) is 26.0 Å². The standard InChI is InChI=1S/C24H23FN4O4/c1-11-3-8-15-20(12(11)2)27-23(33)24(15)19-18(16(28-24)9-17(26)30)21(31)29(22(19)32)10-13-4-6-14(25)7-5-13/h3-8,16,18-19,28H,9-10H2,1-2H3,(H2,26,30)(H,27,33)/p+1/t16-,18-,19+,24-/m1/s1. The van der Waals surface area contributed by atoms with Crippen LogP contribution >= 0.6 is 0 Å². The molecular weight excluding hydrogens is 427 g/mol. The predicted octanol–water partition coefficient (Wildman–Crippen LogP) is 0.212. The number of imide groups is 1. The number of halogens is 1. The summed E-state index contributed by atoms with van der Waals surface area (Å²) < 4.78 is 13.3. The highest BCUT2D eigenvalue weighted by molar-refractivity contribution is 6.14. The van der Waals surface area contributed by atoms with E-state index in [-0.39, 0.29) is 18.9 Å². The number of likely N-dealkylation sites (tertiary alicyclic amines) is 1. The molecule has 5 N–H and O–H groups in total. The Kier molecular flexibility index (Phi) is 4.65. The molecule has 33 heavy (non-hydrogen) atoms. The molecule has 170 valence electrons. The van der Waals surface area contributed by atoms with Crippen LogP contribution in [0.2, 0.25) is 0 Å². The second-order valence-electron chi connectivity index (χ2n) is 9.15. The molecular formula is C24H24FN4O4+. The van der Waals surface area contributed by atoms with Gasteiger partial charge in [0, 0.05) is 5.56 Å². The lowest BCUT2D eigenvalue weighted by Crippen LogP contribution is -2.99. The molecule has 0 aromatic heterocycles. The highest BCUT2D eigenvalue weighted by Crippen LogP contribution is 2.50. The van der Waals surface area contributed by atoms with Crippen molar-refractivity contribution in [1.82, 2.24) is 4.90 Å². The number of anilines is 1. The fraction of sp³-hybridized carbons (Fsp3) is 0.333. The van der Waals surface area contributed by atoms with Gasteiger partial charge < -0.3 is 16.4 Å². The Morgan fingerprint density at radius 2 is 1.82 bits per heavy atom. The maximum atomic E-state index is 13.7. The van der Waals surface area contributed by atoms with Crippen LogP contribution in [0.4, 0.5) is 10.1 Å². The molecule has 0 unspecified atom stereocenters. The number of hydrogen-bond donors (Lipinski definition) is 3. The number of aryl methyl sites for hydroxylation is 1. The number of carbonyl (C=O) groups excluding carboxylic acids is 4. The number of amides is 4. The number of benzene rings is 2. The third-order valence-corrected chi connectivity index (χ3v) is 7.36. The zero-order chi connectivity index (χ0) is 23.7. The van der Waals surface area contributed by atoms with Crippen molar-refractivity contribution in [2.75, 3.05) is 5.32 Å². The largest absolute Gasteiger partial charge is 0.369 e. The fourth-order valence-corrected chi connectivity index (χ4v) is 5.69. The number of nitrogens with zero attached hydrogens (tertiary/aromatic N) is 1. The van der Waals surface area contributed by atoms with Gasteiger partial charge in [0.25, 0.3) is 5.91 Å². The Bertz CT molecular complexity index is 1230. The third kappa shape index (κ3) is 2.92. The molecule has 1 spiro atoms. The molecule has 4 atom stereocenters. The lowest BCUT2D eigenvalue weighted by atomic mass is 9.76. The van der Waals surface area contributed by atoms with E-state index in [1.54, 1.807) is 5.32 Å². The molecule has 3 aliphatic heterocycles. The molecule has 9 heteroatoms. The molecule has 2 aromatic rings. The quantitative estimate of drug-likeness (QED) is 0.575. The van der Waals surface area contributed by atoms with E-state index >= 15 is 0 Å². The number of quaternary nitrogens is 1. The third-order valence-electron chi connectivity index (χ3n) is 7.36. The zero-order valence-electron chi connectivity index (χ0n) is 18.2. The number of primary amides is 1. The molecule has 2 fully saturated rings. The summed E-state index contributed by atoms with van der Waals surface area (Å²) in [6.07, 6.45) is -0.139. The topological polar surface area (TPSA) is 126 Å². The lowest BCUT2D eigenvalue weighted by Gasteiger charge is -2.26. The summed E-state index contributed by atoms with van der Waals surface area (Å²) in [4.78, 5) is 53.6. The molecule has 2 aromatic carbocycles. The van der Waals surface area contributed by atoms with E-state index in [4.69, 9.17) is 5.73 Å². The first-order chi connectivity index (χ1) is 15.6. The first kappa shape index (κ1) is 21.3. The van der Waals surface area contributed by atoms with Gasteiger partial charge in [-0.15, -0.1) is 0 Å². The van der Waals surface area contributed by atoms with Crippen LogP contribution in [0.3, 0.4) is 0 Å². The minimum Gasteiger partial charge on any atom is -0.369 e. The molecule has 0 saturated carbocycles. The van der Waals surface area contributed by atoms with Crippen LogP contribution in [0.1, 0.15) is 28.7 Å². The summed E-state index contributed by atoms with van der Waals surface area (Å²) in [6, 6.07) is 8.60. The van der Waals surface area contributed by atoms with E-state index in [0.29, 0.717) is 16.8 Å². The Balaban J connectivity index is 1.61. The SMILES string of the molecule is Cc1ccc2c(c1C)NC(=O)[C@@]21[NH2+][C@H](CC(N)=O)[C@H]2C(=O)N(Cc3ccc(F)cc3)C(=O)[C@H]21. The van der Waals surface area contributed by atoms with Gasteiger partial charge in [0.15, 0.2) is 0 Å². The van der Waals surface area contributed by atoms with Crippen molar-refractivity contribution >= 4 is 29.3 Å². The van der Waals surface area contributed by atoms with Crippen LogP contribution in [0.15, 0.2) is 36.4 Å². The molecule has 3 aliphatic rings. The van der Waals surface area contributed by atoms with Gasteiger partial charge in [0.05, 0.1) is 18.7 Å². The van der Waals surface area contributed by atoms with Crippen molar-refractivity contribution in [1.29, 1.82) is 0 Å². The molecule has 0 radical (unpaired) electrons. The normalized spacial score (nSPS) is 27.8. The van der Waals surface area contributed by atoms with Gasteiger partial charge in [-0.05, 0) is 48.7 Å². The van der Waals surface area contributed by atoms with Crippen molar-refractivity contribution in [3.8, 4) is 0 Å². The molecule has 8 nitrogen and oxygen atoms in total. The first-order valence-corrected chi connectivity index (χ1v) is 10.8. The van der Waals surface area contributed by atoms with Crippen LogP contribution in [0.5, 0.6) is 0 Å². The van der Waals surface area contributed by atoms with E-state index in [0.717, 1.165) is 16.0 Å². The van der Waals surface area contributed by atoms with E-state index in [9.17, 15) is 23.6 Å². The van der Waals surface area contributed by atoms with E-state index in [1.165, 1.54) is 24.3 Å². The van der Waals surface area contributed by atoms with Crippen LogP contribution < -0.4 is 16.4 Å². The maximum Gasteiger partial charge on any atom is 0.291 e. The molecule has 2 saturated heterocycles. The number of nitrogens with two attached hydrogens (primary N) is 2. The van der Waals surface area contributed by atoms with Gasteiger partial charge >= 0.3 is 0 Å². The Labute approximate surface area is 189 Å². The van der Waals surface area contributed by atoms with Gasteiger partial charge in [-0.25, -0.2) is 4.39 Å². The second kappa shape index (κ2) is 7.21. The highest BCUT2D eigenvalue weighted by Gasteiger charge is 2.74. The van der Waals surface area contributed by atoms with E-state index in [2.05, 4.69) is 5.32 Å². The van der Waals surface area contributed by atoms with Crippen molar-refractivity contribution in [3.63, 3.8) is 0 Å².